The van der Waals surface area contributed by atoms with Crippen LogP contribution in [0.2, 0.25) is 0 Å². The Balaban J connectivity index is 1.17. The number of nitrogen functional groups attached to an aromatic ring is 1. The van der Waals surface area contributed by atoms with Gasteiger partial charge >= 0.3 is 0 Å². The van der Waals surface area contributed by atoms with Gasteiger partial charge in [0.05, 0.1) is 0 Å². The van der Waals surface area contributed by atoms with Crippen molar-refractivity contribution >= 4 is 84.6 Å². The molecule has 8 aromatic rings. The Kier molecular flexibility index (Phi) is 11.8. The van der Waals surface area contributed by atoms with Crippen molar-refractivity contribution in [2.45, 2.75) is 9.79 Å². The SMILES string of the molecule is Nc1cc(-c2nc(Nc3ccccc3)nc(Nc3ccccc3)n2)cc(S(=O)(=O)O)c1C=Cc1ccc(-c2nc(Nc3ccccc3)nc(Nc3ccccc3)n2)cc1S(=O)(=O)O. The Morgan fingerprint density at radius 1 is 0.429 bits per heavy atom. The van der Waals surface area contributed by atoms with Crippen molar-refractivity contribution in [3.8, 4) is 22.8 Å². The Bertz CT molecular complexity index is 3070. The lowest BCUT2D eigenvalue weighted by Crippen LogP contribution is -2.08. The fourth-order valence-corrected chi connectivity index (χ4v) is 7.66. The second-order valence-corrected chi connectivity index (χ2v) is 16.4. The Morgan fingerprint density at radius 3 is 1.17 bits per heavy atom. The van der Waals surface area contributed by atoms with Crippen molar-refractivity contribution in [3.05, 3.63) is 163 Å². The molecule has 0 unspecified atom stereocenters. The van der Waals surface area contributed by atoms with Gasteiger partial charge in [0.25, 0.3) is 20.2 Å². The predicted octanol–water partition coefficient (Wildman–Crippen LogP) is 8.61. The fourth-order valence-electron chi connectivity index (χ4n) is 6.21. The zero-order valence-electron chi connectivity index (χ0n) is 32.7. The van der Waals surface area contributed by atoms with Crippen molar-refractivity contribution < 1.29 is 25.9 Å². The van der Waals surface area contributed by atoms with Crippen LogP contribution in [0.5, 0.6) is 0 Å². The molecule has 0 bridgehead atoms. The summed E-state index contributed by atoms with van der Waals surface area (Å²) < 4.78 is 72.6. The van der Waals surface area contributed by atoms with Crippen LogP contribution >= 0.6 is 0 Å². The van der Waals surface area contributed by atoms with Crippen molar-refractivity contribution in [1.29, 1.82) is 0 Å². The van der Waals surface area contributed by atoms with Crippen molar-refractivity contribution in [3.63, 3.8) is 0 Å². The van der Waals surface area contributed by atoms with Gasteiger partial charge in [-0.15, -0.1) is 0 Å². The molecule has 0 aliphatic heterocycles. The number of aromatic nitrogens is 6. The zero-order chi connectivity index (χ0) is 44.0. The minimum absolute atomic E-state index is 0.000763. The first-order chi connectivity index (χ1) is 30.3. The Hall–Kier alpha value is -8.10. The molecule has 2 aromatic heterocycles. The van der Waals surface area contributed by atoms with E-state index in [1.165, 1.54) is 36.4 Å². The number of hydrogen-bond donors (Lipinski definition) is 7. The van der Waals surface area contributed by atoms with Gasteiger partial charge in [0, 0.05) is 45.1 Å². The van der Waals surface area contributed by atoms with Gasteiger partial charge in [-0.3, -0.25) is 9.11 Å². The van der Waals surface area contributed by atoms with E-state index < -0.39 is 30.0 Å². The maximum absolute atomic E-state index is 13.0. The van der Waals surface area contributed by atoms with Crippen LogP contribution < -0.4 is 27.0 Å². The van der Waals surface area contributed by atoms with Gasteiger partial charge in [-0.2, -0.15) is 46.7 Å². The molecule has 8 rings (SSSR count). The van der Waals surface area contributed by atoms with Crippen LogP contribution in [0.1, 0.15) is 11.1 Å². The summed E-state index contributed by atoms with van der Waals surface area (Å²) in [6.07, 6.45) is 2.44. The maximum Gasteiger partial charge on any atom is 0.295 e. The normalized spacial score (nSPS) is 11.6. The van der Waals surface area contributed by atoms with E-state index in [9.17, 15) is 25.9 Å². The number of anilines is 9. The Morgan fingerprint density at radius 2 is 0.794 bits per heavy atom. The molecule has 2 heterocycles. The highest BCUT2D eigenvalue weighted by Gasteiger charge is 2.22. The number of nitrogens with two attached hydrogens (primary N) is 1. The van der Waals surface area contributed by atoms with Gasteiger partial charge in [0.1, 0.15) is 9.79 Å². The molecule has 0 radical (unpaired) electrons. The summed E-state index contributed by atoms with van der Waals surface area (Å²) in [6, 6.07) is 43.1. The zero-order valence-corrected chi connectivity index (χ0v) is 34.3. The lowest BCUT2D eigenvalue weighted by molar-refractivity contribution is 0.480. The van der Waals surface area contributed by atoms with Crippen LogP contribution in [-0.2, 0) is 20.2 Å². The van der Waals surface area contributed by atoms with Crippen LogP contribution in [0.3, 0.4) is 0 Å². The average Bonchev–Trinajstić information content (AvgIpc) is 3.26. The first-order valence-corrected chi connectivity index (χ1v) is 21.7. The molecule has 0 aliphatic carbocycles. The Labute approximate surface area is 361 Å². The first kappa shape index (κ1) is 41.6. The molecule has 0 saturated carbocycles. The number of benzene rings is 6. The molecule has 17 nitrogen and oxygen atoms in total. The monoisotopic (exact) mass is 877 g/mol. The van der Waals surface area contributed by atoms with E-state index in [1.54, 1.807) is 24.3 Å². The van der Waals surface area contributed by atoms with Gasteiger partial charge in [0.2, 0.25) is 23.8 Å². The van der Waals surface area contributed by atoms with Gasteiger partial charge in [-0.1, -0.05) is 97.1 Å². The summed E-state index contributed by atoms with van der Waals surface area (Å²) in [5.41, 5.74) is 9.08. The van der Waals surface area contributed by atoms with E-state index in [-0.39, 0.29) is 63.4 Å². The molecule has 0 saturated heterocycles. The molecule has 0 fully saturated rings. The standard InChI is InChI=1S/C44H35N11O6S2/c45-36-25-30(40-52-43(48-33-17-9-3-10-18-33)55-44(53-40)49-34-19-11-4-12-20-34)27-38(63(59,60)61)35(36)24-23-28-21-22-29(26-37(28)62(56,57)58)39-50-41(46-31-13-5-1-6-14-31)54-42(51-39)47-32-15-7-2-8-16-32/h1-27H,45H2,(H,56,57,58)(H,59,60,61)(H2,46,47,50,51,54)(H2,48,49,52,53,55). The highest BCUT2D eigenvalue weighted by atomic mass is 32.2. The first-order valence-electron chi connectivity index (χ1n) is 18.9. The third-order valence-electron chi connectivity index (χ3n) is 9.08. The summed E-state index contributed by atoms with van der Waals surface area (Å²) in [5, 5.41) is 12.4. The van der Waals surface area contributed by atoms with Crippen LogP contribution in [0.15, 0.2) is 161 Å². The molecule has 0 amide bonds. The van der Waals surface area contributed by atoms with Gasteiger partial charge in [-0.25, -0.2) is 0 Å². The van der Waals surface area contributed by atoms with Gasteiger partial charge in [0.15, 0.2) is 11.6 Å². The molecule has 6 aromatic carbocycles. The summed E-state index contributed by atoms with van der Waals surface area (Å²) >= 11 is 0. The molecule has 0 aliphatic rings. The summed E-state index contributed by atoms with van der Waals surface area (Å²) in [6.45, 7) is 0. The molecule has 0 atom stereocenters. The quantitative estimate of drug-likeness (QED) is 0.0306. The number of nitrogens with one attached hydrogen (secondary N) is 4. The lowest BCUT2D eigenvalue weighted by atomic mass is 10.1. The number of para-hydroxylation sites is 4. The fraction of sp³-hybridized carbons (Fsp3) is 0. The minimum Gasteiger partial charge on any atom is -0.398 e. The smallest absolute Gasteiger partial charge is 0.295 e. The lowest BCUT2D eigenvalue weighted by Gasteiger charge is -2.13. The summed E-state index contributed by atoms with van der Waals surface area (Å²) in [7, 11) is -9.90. The molecular formula is C44H35N11O6S2. The maximum atomic E-state index is 13.0. The van der Waals surface area contributed by atoms with Crippen LogP contribution in [-0.4, -0.2) is 55.8 Å². The molecule has 314 valence electrons. The van der Waals surface area contributed by atoms with E-state index in [2.05, 4.69) is 51.2 Å². The largest absolute Gasteiger partial charge is 0.398 e. The topological polar surface area (TPSA) is 260 Å². The van der Waals surface area contributed by atoms with E-state index in [4.69, 9.17) is 5.73 Å². The molecule has 63 heavy (non-hydrogen) atoms. The van der Waals surface area contributed by atoms with Gasteiger partial charge in [-0.05, 0) is 72.3 Å². The van der Waals surface area contributed by atoms with Crippen LogP contribution in [0, 0.1) is 0 Å². The van der Waals surface area contributed by atoms with Gasteiger partial charge < -0.3 is 27.0 Å². The predicted molar refractivity (Wildman–Crippen MR) is 242 cm³/mol. The highest BCUT2D eigenvalue weighted by molar-refractivity contribution is 7.86. The summed E-state index contributed by atoms with van der Waals surface area (Å²) in [4.78, 5) is 25.8. The molecule has 8 N–H and O–H groups in total. The van der Waals surface area contributed by atoms with Crippen LogP contribution in [0.25, 0.3) is 34.9 Å². The van der Waals surface area contributed by atoms with Crippen molar-refractivity contribution in [1.82, 2.24) is 29.9 Å². The molecule has 19 heteroatoms. The highest BCUT2D eigenvalue weighted by Crippen LogP contribution is 2.33. The van der Waals surface area contributed by atoms with Crippen molar-refractivity contribution in [2.24, 2.45) is 0 Å². The number of rotatable bonds is 14. The van der Waals surface area contributed by atoms with E-state index in [0.29, 0.717) is 22.7 Å². The second-order valence-electron chi connectivity index (χ2n) is 13.6. The molecular weight excluding hydrogens is 843 g/mol. The number of hydrogen-bond acceptors (Lipinski definition) is 15. The summed E-state index contributed by atoms with van der Waals surface area (Å²) in [5.74, 6) is 0.572. The van der Waals surface area contributed by atoms with Crippen molar-refractivity contribution in [2.75, 3.05) is 27.0 Å². The van der Waals surface area contributed by atoms with E-state index in [0.717, 1.165) is 6.07 Å². The van der Waals surface area contributed by atoms with E-state index in [1.807, 2.05) is 97.1 Å². The van der Waals surface area contributed by atoms with Crippen LogP contribution in [0.4, 0.5) is 52.2 Å². The third kappa shape index (κ3) is 10.4. The second kappa shape index (κ2) is 17.9. The number of nitrogens with zero attached hydrogens (tertiary/aromatic N) is 6. The van der Waals surface area contributed by atoms with E-state index >= 15 is 0 Å². The minimum atomic E-state index is -4.98. The third-order valence-corrected chi connectivity index (χ3v) is 10.9. The average molecular weight is 878 g/mol. The molecule has 0 spiro atoms.